The second kappa shape index (κ2) is 11.7. The number of methoxy groups -OCH3 is 2. The van der Waals surface area contributed by atoms with Gasteiger partial charge < -0.3 is 18.6 Å². The van der Waals surface area contributed by atoms with Gasteiger partial charge in [-0.15, -0.1) is 0 Å². The predicted molar refractivity (Wildman–Crippen MR) is 130 cm³/mol. The molecule has 0 bridgehead atoms. The van der Waals surface area contributed by atoms with Crippen molar-refractivity contribution in [1.82, 2.24) is 4.90 Å². The second-order valence-electron chi connectivity index (χ2n) is 9.89. The third-order valence-electron chi connectivity index (χ3n) is 6.60. The molecule has 1 amide bonds. The fraction of sp³-hybridized carbons (Fsp3) is 0.600. The van der Waals surface area contributed by atoms with Crippen LogP contribution in [0, 0.1) is 0 Å². The first-order chi connectivity index (χ1) is 15.5. The van der Waals surface area contributed by atoms with Gasteiger partial charge in [0.2, 0.25) is 0 Å². The van der Waals surface area contributed by atoms with Crippen LogP contribution in [-0.4, -0.2) is 57.7 Å². The van der Waals surface area contributed by atoms with Crippen molar-refractivity contribution in [2.45, 2.75) is 83.0 Å². The molecule has 1 saturated heterocycles. The maximum absolute atomic E-state index is 13.3. The van der Waals surface area contributed by atoms with Crippen LogP contribution in [0.3, 0.4) is 0 Å². The number of hydrogen-bond acceptors (Lipinski definition) is 6. The smallest absolute Gasteiger partial charge is 0.411 e. The number of benzene rings is 1. The normalized spacial score (nSPS) is 21.7. The molecule has 1 aromatic carbocycles. The lowest BCUT2D eigenvalue weighted by molar-refractivity contribution is -0.151. The Labute approximate surface area is 199 Å². The van der Waals surface area contributed by atoms with Crippen LogP contribution in [0.1, 0.15) is 45.6 Å². The second-order valence-corrected chi connectivity index (χ2v) is 14.6. The lowest BCUT2D eigenvalue weighted by atomic mass is 9.91. The molecule has 1 aromatic rings. The fourth-order valence-corrected chi connectivity index (χ4v) is 5.12. The van der Waals surface area contributed by atoms with Gasteiger partial charge in [-0.05, 0) is 49.0 Å². The summed E-state index contributed by atoms with van der Waals surface area (Å²) in [5.41, 5.74) is 0.877. The molecular weight excluding hydrogens is 438 g/mol. The van der Waals surface area contributed by atoms with E-state index in [9.17, 15) is 9.59 Å². The first-order valence-electron chi connectivity index (χ1n) is 11.4. The summed E-state index contributed by atoms with van der Waals surface area (Å²) in [6.45, 7) is 11.1. The number of rotatable bonds is 8. The molecule has 8 heteroatoms. The molecule has 0 spiro atoms. The minimum absolute atomic E-state index is 0.0117. The number of piperidine rings is 1. The Balaban J connectivity index is 2.35. The minimum Gasteiger partial charge on any atom is -0.505 e. The van der Waals surface area contributed by atoms with Crippen molar-refractivity contribution in [1.29, 1.82) is 0 Å². The number of carbonyl (C=O) groups is 2. The predicted octanol–water partition coefficient (Wildman–Crippen LogP) is 5.27. The zero-order valence-corrected chi connectivity index (χ0v) is 22.0. The first kappa shape index (κ1) is 26.9. The Hall–Kier alpha value is -2.32. The van der Waals surface area contributed by atoms with E-state index in [1.807, 2.05) is 36.4 Å². The maximum Gasteiger partial charge on any atom is 0.411 e. The largest absolute Gasteiger partial charge is 0.505 e. The minimum atomic E-state index is -2.12. The van der Waals surface area contributed by atoms with Crippen LogP contribution in [0.5, 0.6) is 0 Å². The molecule has 1 aliphatic rings. The highest BCUT2D eigenvalue weighted by Crippen LogP contribution is 2.40. The van der Waals surface area contributed by atoms with Gasteiger partial charge in [0.1, 0.15) is 12.6 Å². The summed E-state index contributed by atoms with van der Waals surface area (Å²) in [6.07, 6.45) is 4.24. The summed E-state index contributed by atoms with van der Waals surface area (Å²) in [4.78, 5) is 27.5. The van der Waals surface area contributed by atoms with Crippen LogP contribution < -0.4 is 0 Å². The summed E-state index contributed by atoms with van der Waals surface area (Å²) in [7, 11) is 0.790. The number of nitrogens with zero attached hydrogens (tertiary/aromatic N) is 1. The van der Waals surface area contributed by atoms with E-state index in [0.717, 1.165) is 5.56 Å². The standard InChI is InChI=1S/C25H39NO6Si/c1-25(2,3)33(6,7)32-22-16-15-21(23(27)30-5)26(20(22)14-11-17-29-4)24(28)31-18-19-12-9-8-10-13-19/h8-13,17,20-22H,14-16,18H2,1-7H3/b17-11+/t20-,21-,22-/m0/s1. The molecule has 33 heavy (non-hydrogen) atoms. The van der Waals surface area contributed by atoms with Crippen LogP contribution in [-0.2, 0) is 30.0 Å². The van der Waals surface area contributed by atoms with Crippen molar-refractivity contribution in [2.75, 3.05) is 14.2 Å². The Morgan fingerprint density at radius 3 is 2.36 bits per heavy atom. The van der Waals surface area contributed by atoms with Gasteiger partial charge in [-0.25, -0.2) is 9.59 Å². The van der Waals surface area contributed by atoms with Crippen molar-refractivity contribution >= 4 is 20.4 Å². The molecule has 0 radical (unpaired) electrons. The Morgan fingerprint density at radius 1 is 1.12 bits per heavy atom. The van der Waals surface area contributed by atoms with Gasteiger partial charge in [0, 0.05) is 0 Å². The van der Waals surface area contributed by atoms with E-state index < -0.39 is 26.4 Å². The third-order valence-corrected chi connectivity index (χ3v) is 11.1. The quantitative estimate of drug-likeness (QED) is 0.288. The summed E-state index contributed by atoms with van der Waals surface area (Å²) in [5.74, 6) is -0.446. The van der Waals surface area contributed by atoms with Crippen LogP contribution >= 0.6 is 0 Å². The number of hydrogen-bond donors (Lipinski definition) is 0. The summed E-state index contributed by atoms with van der Waals surface area (Å²) < 4.78 is 22.5. The van der Waals surface area contributed by atoms with Crippen LogP contribution in [0.4, 0.5) is 4.79 Å². The number of carbonyl (C=O) groups excluding carboxylic acids is 2. The van der Waals surface area contributed by atoms with E-state index in [1.54, 1.807) is 13.4 Å². The van der Waals surface area contributed by atoms with E-state index in [0.29, 0.717) is 19.3 Å². The van der Waals surface area contributed by atoms with Gasteiger partial charge in [-0.2, -0.15) is 0 Å². The summed E-state index contributed by atoms with van der Waals surface area (Å²) >= 11 is 0. The molecule has 7 nitrogen and oxygen atoms in total. The zero-order valence-electron chi connectivity index (χ0n) is 21.0. The molecule has 1 heterocycles. The highest BCUT2D eigenvalue weighted by atomic mass is 28.4. The van der Waals surface area contributed by atoms with Gasteiger partial charge in [0.15, 0.2) is 8.32 Å². The van der Waals surface area contributed by atoms with E-state index in [-0.39, 0.29) is 23.8 Å². The summed E-state index contributed by atoms with van der Waals surface area (Å²) in [6, 6.07) is 8.37. The van der Waals surface area contributed by atoms with Crippen LogP contribution in [0.2, 0.25) is 18.1 Å². The van der Waals surface area contributed by atoms with Crippen molar-refractivity contribution in [3.8, 4) is 0 Å². The molecule has 0 aliphatic carbocycles. The van der Waals surface area contributed by atoms with Crippen molar-refractivity contribution in [3.05, 3.63) is 48.2 Å². The van der Waals surface area contributed by atoms with Gasteiger partial charge in [0.05, 0.1) is 32.6 Å². The van der Waals surface area contributed by atoms with Crippen LogP contribution in [0.15, 0.2) is 42.7 Å². The molecule has 0 unspecified atom stereocenters. The third kappa shape index (κ3) is 7.08. The van der Waals surface area contributed by atoms with E-state index in [1.165, 1.54) is 12.0 Å². The molecule has 2 rings (SSSR count). The molecule has 0 N–H and O–H groups in total. The summed E-state index contributed by atoms with van der Waals surface area (Å²) in [5, 5.41) is 0.0117. The van der Waals surface area contributed by atoms with Gasteiger partial charge >= 0.3 is 12.1 Å². The monoisotopic (exact) mass is 477 g/mol. The molecule has 0 aromatic heterocycles. The molecule has 1 aliphatic heterocycles. The van der Waals surface area contributed by atoms with Gasteiger partial charge in [-0.1, -0.05) is 51.1 Å². The van der Waals surface area contributed by atoms with Crippen molar-refractivity contribution < 1.29 is 28.2 Å². The maximum atomic E-state index is 13.3. The van der Waals surface area contributed by atoms with Gasteiger partial charge in [-0.3, -0.25) is 4.90 Å². The molecule has 3 atom stereocenters. The van der Waals surface area contributed by atoms with Gasteiger partial charge in [0.25, 0.3) is 0 Å². The average Bonchev–Trinajstić information content (AvgIpc) is 2.77. The highest BCUT2D eigenvalue weighted by Gasteiger charge is 2.48. The van der Waals surface area contributed by atoms with E-state index in [4.69, 9.17) is 18.6 Å². The van der Waals surface area contributed by atoms with Crippen LogP contribution in [0.25, 0.3) is 0 Å². The SMILES string of the molecule is CO/C=C/C[C@H]1[C@@H](O[Si](C)(C)C(C)(C)C)CC[C@@H](C(=O)OC)N1C(=O)OCc1ccccc1. The average molecular weight is 478 g/mol. The fourth-order valence-electron chi connectivity index (χ4n) is 3.74. The molecule has 184 valence electrons. The number of likely N-dealkylation sites (tertiary alicyclic amines) is 1. The Bertz CT molecular complexity index is 805. The molecule has 0 saturated carbocycles. The first-order valence-corrected chi connectivity index (χ1v) is 14.3. The number of amides is 1. The topological polar surface area (TPSA) is 74.3 Å². The Morgan fingerprint density at radius 2 is 1.79 bits per heavy atom. The van der Waals surface area contributed by atoms with E-state index >= 15 is 0 Å². The van der Waals surface area contributed by atoms with Crippen molar-refractivity contribution in [2.24, 2.45) is 0 Å². The lowest BCUT2D eigenvalue weighted by Gasteiger charge is -2.48. The molecular formula is C25H39NO6Si. The number of esters is 1. The zero-order chi connectivity index (χ0) is 24.6. The molecule has 1 fully saturated rings. The lowest BCUT2D eigenvalue weighted by Crippen LogP contribution is -2.61. The number of ether oxygens (including phenoxy) is 3. The Kier molecular flexibility index (Phi) is 9.54. The van der Waals surface area contributed by atoms with E-state index in [2.05, 4.69) is 33.9 Å². The highest BCUT2D eigenvalue weighted by molar-refractivity contribution is 6.74. The van der Waals surface area contributed by atoms with Crippen molar-refractivity contribution in [3.63, 3.8) is 0 Å².